The van der Waals surface area contributed by atoms with Crippen molar-refractivity contribution in [3.63, 3.8) is 0 Å². The van der Waals surface area contributed by atoms with E-state index in [4.69, 9.17) is 0 Å². The first-order valence-corrected chi connectivity index (χ1v) is 8.53. The number of carbonyl (C=O) groups excluding carboxylic acids is 1. The second-order valence-corrected chi connectivity index (χ2v) is 6.34. The summed E-state index contributed by atoms with van der Waals surface area (Å²) in [5.41, 5.74) is 3.35. The molecule has 130 valence electrons. The molecule has 0 bridgehead atoms. The van der Waals surface area contributed by atoms with E-state index in [1.807, 2.05) is 49.3 Å². The van der Waals surface area contributed by atoms with Gasteiger partial charge in [-0.1, -0.05) is 12.1 Å². The van der Waals surface area contributed by atoms with Crippen LogP contribution in [-0.2, 0) is 4.79 Å². The van der Waals surface area contributed by atoms with Crippen LogP contribution in [0.15, 0.2) is 54.9 Å². The van der Waals surface area contributed by atoms with Crippen LogP contribution in [0.25, 0.3) is 6.08 Å². The minimum Gasteiger partial charge on any atom is -0.378 e. The van der Waals surface area contributed by atoms with E-state index in [9.17, 15) is 4.79 Å². The Balaban J connectivity index is 1.54. The Morgan fingerprint density at radius 1 is 1.00 bits per heavy atom. The van der Waals surface area contributed by atoms with Crippen molar-refractivity contribution in [2.24, 2.45) is 0 Å². The van der Waals surface area contributed by atoms with Crippen LogP contribution in [0.5, 0.6) is 0 Å². The van der Waals surface area contributed by atoms with Crippen molar-refractivity contribution < 1.29 is 4.79 Å². The number of hydrogen-bond acceptors (Lipinski definition) is 4. The maximum absolute atomic E-state index is 12.4. The summed E-state index contributed by atoms with van der Waals surface area (Å²) in [6.07, 6.45) is 7.16. The van der Waals surface area contributed by atoms with Crippen LogP contribution in [0.1, 0.15) is 5.56 Å². The van der Waals surface area contributed by atoms with Crippen LogP contribution in [0.4, 0.5) is 11.4 Å². The highest BCUT2D eigenvalue weighted by molar-refractivity contribution is 5.92. The lowest BCUT2D eigenvalue weighted by Gasteiger charge is -2.35. The van der Waals surface area contributed by atoms with Gasteiger partial charge in [-0.25, -0.2) is 0 Å². The Labute approximate surface area is 149 Å². The average molecular weight is 336 g/mol. The van der Waals surface area contributed by atoms with Crippen molar-refractivity contribution in [3.8, 4) is 0 Å². The van der Waals surface area contributed by atoms with Gasteiger partial charge in [0.2, 0.25) is 5.91 Å². The lowest BCUT2D eigenvalue weighted by molar-refractivity contribution is -0.126. The molecule has 3 rings (SSSR count). The van der Waals surface area contributed by atoms with Gasteiger partial charge in [0.25, 0.3) is 0 Å². The third kappa shape index (κ3) is 4.38. The lowest BCUT2D eigenvalue weighted by Crippen LogP contribution is -2.48. The predicted molar refractivity (Wildman–Crippen MR) is 103 cm³/mol. The summed E-state index contributed by atoms with van der Waals surface area (Å²) in [5.74, 6) is 0.0751. The van der Waals surface area contributed by atoms with E-state index < -0.39 is 0 Å². The van der Waals surface area contributed by atoms with Gasteiger partial charge in [-0.15, -0.1) is 0 Å². The molecule has 0 radical (unpaired) electrons. The lowest BCUT2D eigenvalue weighted by atomic mass is 10.2. The number of amides is 1. The molecule has 1 aliphatic heterocycles. The SMILES string of the molecule is CN(C)c1ccc(/C=C\C(=O)N2CCN(c3ccncc3)CC2)cc1. The zero-order chi connectivity index (χ0) is 17.6. The van der Waals surface area contributed by atoms with Crippen molar-refractivity contribution in [2.75, 3.05) is 50.1 Å². The molecule has 2 aromatic rings. The Morgan fingerprint density at radius 2 is 1.64 bits per heavy atom. The van der Waals surface area contributed by atoms with Gasteiger partial charge in [0.15, 0.2) is 0 Å². The van der Waals surface area contributed by atoms with Crippen LogP contribution in [-0.4, -0.2) is 56.1 Å². The average Bonchev–Trinajstić information content (AvgIpc) is 2.67. The molecule has 0 saturated carbocycles. The molecule has 1 aromatic heterocycles. The van der Waals surface area contributed by atoms with Gasteiger partial charge in [-0.05, 0) is 35.9 Å². The maximum Gasteiger partial charge on any atom is 0.246 e. The number of pyridine rings is 1. The fourth-order valence-corrected chi connectivity index (χ4v) is 2.90. The van der Waals surface area contributed by atoms with Gasteiger partial charge in [-0.2, -0.15) is 0 Å². The Morgan fingerprint density at radius 3 is 2.24 bits per heavy atom. The quantitative estimate of drug-likeness (QED) is 0.805. The van der Waals surface area contributed by atoms with E-state index in [0.29, 0.717) is 0 Å². The van der Waals surface area contributed by atoms with Gasteiger partial charge in [-0.3, -0.25) is 9.78 Å². The second kappa shape index (κ2) is 7.83. The first-order chi connectivity index (χ1) is 12.1. The molecule has 0 spiro atoms. The second-order valence-electron chi connectivity index (χ2n) is 6.34. The summed E-state index contributed by atoms with van der Waals surface area (Å²) in [7, 11) is 4.03. The molecule has 5 heteroatoms. The van der Waals surface area contributed by atoms with Crippen LogP contribution >= 0.6 is 0 Å². The van der Waals surface area contributed by atoms with Crippen molar-refractivity contribution in [1.29, 1.82) is 0 Å². The Hall–Kier alpha value is -2.82. The van der Waals surface area contributed by atoms with E-state index in [1.165, 1.54) is 5.69 Å². The highest BCUT2D eigenvalue weighted by atomic mass is 16.2. The van der Waals surface area contributed by atoms with E-state index in [0.717, 1.165) is 37.4 Å². The van der Waals surface area contributed by atoms with E-state index in [2.05, 4.69) is 26.9 Å². The summed E-state index contributed by atoms with van der Waals surface area (Å²) in [6.45, 7) is 3.18. The molecule has 25 heavy (non-hydrogen) atoms. The monoisotopic (exact) mass is 336 g/mol. The standard InChI is InChI=1S/C20H24N4O/c1-22(2)18-6-3-17(4-7-18)5-8-20(25)24-15-13-23(14-16-24)19-9-11-21-12-10-19/h3-12H,13-16H2,1-2H3/b8-5-. The zero-order valence-corrected chi connectivity index (χ0v) is 14.8. The van der Waals surface area contributed by atoms with Crippen molar-refractivity contribution >= 4 is 23.4 Å². The largest absolute Gasteiger partial charge is 0.378 e. The molecular weight excluding hydrogens is 312 g/mol. The Bertz CT molecular complexity index is 717. The number of piperazine rings is 1. The summed E-state index contributed by atoms with van der Waals surface area (Å²) < 4.78 is 0. The molecular formula is C20H24N4O. The van der Waals surface area contributed by atoms with Crippen molar-refractivity contribution in [1.82, 2.24) is 9.88 Å². The van der Waals surface area contributed by atoms with Crippen molar-refractivity contribution in [2.45, 2.75) is 0 Å². The van der Waals surface area contributed by atoms with Crippen LogP contribution < -0.4 is 9.80 Å². The summed E-state index contributed by atoms with van der Waals surface area (Å²) in [5, 5.41) is 0. The number of aromatic nitrogens is 1. The van der Waals surface area contributed by atoms with Gasteiger partial charge in [0.05, 0.1) is 0 Å². The number of anilines is 2. The molecule has 5 nitrogen and oxygen atoms in total. The smallest absolute Gasteiger partial charge is 0.246 e. The topological polar surface area (TPSA) is 39.7 Å². The molecule has 1 amide bonds. The number of nitrogens with zero attached hydrogens (tertiary/aromatic N) is 4. The third-order valence-corrected chi connectivity index (χ3v) is 4.45. The van der Waals surface area contributed by atoms with Crippen LogP contribution in [0.3, 0.4) is 0 Å². The Kier molecular flexibility index (Phi) is 5.33. The number of hydrogen-bond donors (Lipinski definition) is 0. The van der Waals surface area contributed by atoms with Crippen molar-refractivity contribution in [3.05, 3.63) is 60.4 Å². The van der Waals surface area contributed by atoms with E-state index >= 15 is 0 Å². The molecule has 1 aromatic carbocycles. The van der Waals surface area contributed by atoms with Gasteiger partial charge in [0, 0.05) is 70.1 Å². The highest BCUT2D eigenvalue weighted by Gasteiger charge is 2.19. The molecule has 0 atom stereocenters. The van der Waals surface area contributed by atoms with Gasteiger partial charge in [0.1, 0.15) is 0 Å². The number of benzene rings is 1. The zero-order valence-electron chi connectivity index (χ0n) is 14.8. The van der Waals surface area contributed by atoms with E-state index in [1.54, 1.807) is 18.5 Å². The minimum absolute atomic E-state index is 0.0751. The number of rotatable bonds is 4. The molecule has 1 fully saturated rings. The minimum atomic E-state index is 0.0751. The normalized spacial score (nSPS) is 14.8. The van der Waals surface area contributed by atoms with E-state index in [-0.39, 0.29) is 5.91 Å². The highest BCUT2D eigenvalue weighted by Crippen LogP contribution is 2.16. The van der Waals surface area contributed by atoms with Crippen LogP contribution in [0, 0.1) is 0 Å². The summed E-state index contributed by atoms with van der Waals surface area (Å²) in [6, 6.07) is 12.2. The van der Waals surface area contributed by atoms with Crippen LogP contribution in [0.2, 0.25) is 0 Å². The summed E-state index contributed by atoms with van der Waals surface area (Å²) in [4.78, 5) is 22.7. The molecule has 2 heterocycles. The fraction of sp³-hybridized carbons (Fsp3) is 0.300. The van der Waals surface area contributed by atoms with Gasteiger partial charge >= 0.3 is 0 Å². The number of carbonyl (C=O) groups is 1. The summed E-state index contributed by atoms with van der Waals surface area (Å²) >= 11 is 0. The molecule has 0 N–H and O–H groups in total. The molecule has 1 saturated heterocycles. The molecule has 0 aliphatic carbocycles. The molecule has 1 aliphatic rings. The first-order valence-electron chi connectivity index (χ1n) is 8.53. The van der Waals surface area contributed by atoms with Gasteiger partial charge < -0.3 is 14.7 Å². The first kappa shape index (κ1) is 17.0. The molecule has 0 unspecified atom stereocenters. The third-order valence-electron chi connectivity index (χ3n) is 4.45. The fourth-order valence-electron chi connectivity index (χ4n) is 2.90. The predicted octanol–water partition coefficient (Wildman–Crippen LogP) is 2.51. The maximum atomic E-state index is 12.4.